The Morgan fingerprint density at radius 3 is 1.75 bits per heavy atom. The third-order valence-electron chi connectivity index (χ3n) is 1.35. The fourth-order valence-electron chi connectivity index (χ4n) is 0.526. The van der Waals surface area contributed by atoms with Gasteiger partial charge in [0.05, 0.1) is 12.7 Å². The molecule has 1 fully saturated rings. The molecule has 0 aliphatic carbocycles. The van der Waals surface area contributed by atoms with E-state index in [0.29, 0.717) is 6.10 Å². The first-order chi connectivity index (χ1) is 5.35. The van der Waals surface area contributed by atoms with Gasteiger partial charge in [-0.15, -0.1) is 0 Å². The van der Waals surface area contributed by atoms with Crippen molar-refractivity contribution >= 4 is 0 Å². The molecule has 1 aliphatic rings. The van der Waals surface area contributed by atoms with Gasteiger partial charge in [0.1, 0.15) is 0 Å². The van der Waals surface area contributed by atoms with E-state index in [0.717, 1.165) is 6.61 Å². The molecular formula is C11H22O. The van der Waals surface area contributed by atoms with Gasteiger partial charge in [-0.05, 0) is 20.3 Å². The summed E-state index contributed by atoms with van der Waals surface area (Å²) in [5.74, 6) is 0. The average molecular weight is 170 g/mol. The standard InChI is InChI=1S/C6H10.C4H8O.CH4/c1-3-5-6-4-2;1-2-4-3-5-4;/h3-6H,1-2H3;4H,2-3H2,1H3;1H4/b5-3+,6-4+;;. The number of ether oxygens (including phenoxy) is 1. The predicted molar refractivity (Wildman–Crippen MR) is 56.4 cm³/mol. The monoisotopic (exact) mass is 170 g/mol. The van der Waals surface area contributed by atoms with Crippen molar-refractivity contribution in [3.63, 3.8) is 0 Å². The molecule has 0 amide bonds. The molecule has 1 nitrogen and oxygen atoms in total. The van der Waals surface area contributed by atoms with Crippen LogP contribution in [0.2, 0.25) is 0 Å². The van der Waals surface area contributed by atoms with Gasteiger partial charge in [-0.3, -0.25) is 0 Å². The number of epoxide rings is 1. The summed E-state index contributed by atoms with van der Waals surface area (Å²) in [6.07, 6.45) is 9.83. The Hall–Kier alpha value is -0.560. The van der Waals surface area contributed by atoms with E-state index in [9.17, 15) is 0 Å². The minimum absolute atomic E-state index is 0. The zero-order valence-electron chi connectivity index (χ0n) is 7.71. The van der Waals surface area contributed by atoms with Crippen molar-refractivity contribution in [2.75, 3.05) is 6.61 Å². The van der Waals surface area contributed by atoms with E-state index < -0.39 is 0 Å². The first-order valence-electron chi connectivity index (χ1n) is 4.20. The smallest absolute Gasteiger partial charge is 0.0807 e. The molecule has 0 saturated carbocycles. The van der Waals surface area contributed by atoms with Crippen LogP contribution < -0.4 is 0 Å². The van der Waals surface area contributed by atoms with Crippen LogP contribution in [0.4, 0.5) is 0 Å². The van der Waals surface area contributed by atoms with Gasteiger partial charge in [0.25, 0.3) is 0 Å². The Morgan fingerprint density at radius 1 is 1.25 bits per heavy atom. The van der Waals surface area contributed by atoms with Gasteiger partial charge < -0.3 is 4.74 Å². The molecule has 1 unspecified atom stereocenters. The number of hydrogen-bond donors (Lipinski definition) is 0. The molecule has 0 aromatic carbocycles. The summed E-state index contributed by atoms with van der Waals surface area (Å²) in [6.45, 7) is 7.15. The SMILES string of the molecule is C.C/C=C/C=C/C.CCC1CO1. The van der Waals surface area contributed by atoms with Crippen LogP contribution in [0.5, 0.6) is 0 Å². The molecule has 0 aromatic rings. The van der Waals surface area contributed by atoms with Gasteiger partial charge in [-0.2, -0.15) is 0 Å². The van der Waals surface area contributed by atoms with E-state index in [2.05, 4.69) is 6.92 Å². The predicted octanol–water partition coefficient (Wildman–Crippen LogP) is 3.57. The first kappa shape index (κ1) is 14.0. The Balaban J connectivity index is 0. The van der Waals surface area contributed by atoms with Gasteiger partial charge in [0.2, 0.25) is 0 Å². The maximum absolute atomic E-state index is 4.86. The summed E-state index contributed by atoms with van der Waals surface area (Å²) in [5, 5.41) is 0. The summed E-state index contributed by atoms with van der Waals surface area (Å²) in [6, 6.07) is 0. The number of hydrogen-bond acceptors (Lipinski definition) is 1. The molecule has 1 heterocycles. The highest BCUT2D eigenvalue weighted by Gasteiger charge is 2.18. The van der Waals surface area contributed by atoms with Crippen LogP contribution >= 0.6 is 0 Å². The Labute approximate surface area is 77.1 Å². The van der Waals surface area contributed by atoms with Gasteiger partial charge in [0, 0.05) is 0 Å². The fourth-order valence-corrected chi connectivity index (χ4v) is 0.526. The summed E-state index contributed by atoms with van der Waals surface area (Å²) < 4.78 is 4.86. The molecule has 72 valence electrons. The second kappa shape index (κ2) is 10.4. The van der Waals surface area contributed by atoms with Crippen LogP contribution in [0.25, 0.3) is 0 Å². The second-order valence-electron chi connectivity index (χ2n) is 2.42. The molecule has 1 atom stereocenters. The van der Waals surface area contributed by atoms with E-state index >= 15 is 0 Å². The van der Waals surface area contributed by atoms with E-state index in [1.54, 1.807) is 0 Å². The molecule has 1 aliphatic heterocycles. The van der Waals surface area contributed by atoms with E-state index in [1.807, 2.05) is 38.2 Å². The lowest BCUT2D eigenvalue weighted by Gasteiger charge is -1.69. The highest BCUT2D eigenvalue weighted by Crippen LogP contribution is 2.10. The van der Waals surface area contributed by atoms with E-state index in [-0.39, 0.29) is 7.43 Å². The van der Waals surface area contributed by atoms with Crippen molar-refractivity contribution in [3.05, 3.63) is 24.3 Å². The lowest BCUT2D eigenvalue weighted by Crippen LogP contribution is -1.73. The maximum Gasteiger partial charge on any atom is 0.0807 e. The van der Waals surface area contributed by atoms with Crippen molar-refractivity contribution in [1.29, 1.82) is 0 Å². The molecule has 1 heteroatoms. The highest BCUT2D eigenvalue weighted by atomic mass is 16.6. The lowest BCUT2D eigenvalue weighted by atomic mass is 10.4. The molecule has 1 saturated heterocycles. The van der Waals surface area contributed by atoms with E-state index in [1.165, 1.54) is 6.42 Å². The Morgan fingerprint density at radius 2 is 1.67 bits per heavy atom. The third kappa shape index (κ3) is 12.1. The summed E-state index contributed by atoms with van der Waals surface area (Å²) in [7, 11) is 0. The lowest BCUT2D eigenvalue weighted by molar-refractivity contribution is 0.403. The number of allylic oxidation sites excluding steroid dienone is 4. The molecule has 0 spiro atoms. The first-order valence-corrected chi connectivity index (χ1v) is 4.20. The highest BCUT2D eigenvalue weighted by molar-refractivity contribution is 4.98. The molecular weight excluding hydrogens is 148 g/mol. The van der Waals surface area contributed by atoms with Crippen molar-refractivity contribution in [2.45, 2.75) is 40.7 Å². The topological polar surface area (TPSA) is 12.5 Å². The van der Waals surface area contributed by atoms with Crippen molar-refractivity contribution in [2.24, 2.45) is 0 Å². The quantitative estimate of drug-likeness (QED) is 0.456. The zero-order valence-corrected chi connectivity index (χ0v) is 7.71. The molecule has 12 heavy (non-hydrogen) atoms. The summed E-state index contributed by atoms with van der Waals surface area (Å²) in [5.41, 5.74) is 0. The van der Waals surface area contributed by atoms with Crippen LogP contribution in [-0.4, -0.2) is 12.7 Å². The molecule has 0 N–H and O–H groups in total. The summed E-state index contributed by atoms with van der Waals surface area (Å²) >= 11 is 0. The third-order valence-corrected chi connectivity index (χ3v) is 1.35. The van der Waals surface area contributed by atoms with Crippen LogP contribution in [0, 0.1) is 0 Å². The zero-order chi connectivity index (χ0) is 8.53. The largest absolute Gasteiger partial charge is 0.373 e. The number of rotatable bonds is 2. The normalized spacial score (nSPS) is 20.1. The van der Waals surface area contributed by atoms with Gasteiger partial charge in [-0.25, -0.2) is 0 Å². The van der Waals surface area contributed by atoms with Crippen LogP contribution in [0.1, 0.15) is 34.6 Å². The van der Waals surface area contributed by atoms with Crippen molar-refractivity contribution < 1.29 is 4.74 Å². The minimum atomic E-state index is 0. The molecule has 0 bridgehead atoms. The van der Waals surface area contributed by atoms with Gasteiger partial charge in [0.15, 0.2) is 0 Å². The van der Waals surface area contributed by atoms with Crippen molar-refractivity contribution in [3.8, 4) is 0 Å². The van der Waals surface area contributed by atoms with Crippen molar-refractivity contribution in [1.82, 2.24) is 0 Å². The van der Waals surface area contributed by atoms with Gasteiger partial charge >= 0.3 is 0 Å². The molecule has 1 rings (SSSR count). The fraction of sp³-hybridized carbons (Fsp3) is 0.636. The molecule has 0 aromatic heterocycles. The maximum atomic E-state index is 4.86. The Bertz CT molecular complexity index is 111. The van der Waals surface area contributed by atoms with Crippen LogP contribution in [0.15, 0.2) is 24.3 Å². The second-order valence-corrected chi connectivity index (χ2v) is 2.42. The van der Waals surface area contributed by atoms with Gasteiger partial charge in [-0.1, -0.05) is 38.7 Å². The van der Waals surface area contributed by atoms with Crippen LogP contribution in [0.3, 0.4) is 0 Å². The minimum Gasteiger partial charge on any atom is -0.373 e. The van der Waals surface area contributed by atoms with E-state index in [4.69, 9.17) is 4.74 Å². The average Bonchev–Trinajstić information content (AvgIpc) is 2.84. The summed E-state index contributed by atoms with van der Waals surface area (Å²) in [4.78, 5) is 0. The molecule has 0 radical (unpaired) electrons. The Kier molecular flexibility index (Phi) is 12.2. The van der Waals surface area contributed by atoms with Crippen LogP contribution in [-0.2, 0) is 4.74 Å².